The fourth-order valence-corrected chi connectivity index (χ4v) is 1.17. The van der Waals surface area contributed by atoms with Gasteiger partial charge in [-0.2, -0.15) is 0 Å². The summed E-state index contributed by atoms with van der Waals surface area (Å²) in [6.07, 6.45) is 7.30. The SMILES string of the molecule is CC(C)=C(/C=C\N(C)C=O)c1ncc(N)cn1. The third kappa shape index (κ3) is 3.71. The summed E-state index contributed by atoms with van der Waals surface area (Å²) in [6, 6.07) is 0. The number of hydrogen-bond acceptors (Lipinski definition) is 4. The Morgan fingerprint density at radius 3 is 2.41 bits per heavy atom. The first-order chi connectivity index (χ1) is 8.04. The van der Waals surface area contributed by atoms with Gasteiger partial charge in [0, 0.05) is 18.8 Å². The number of aromatic nitrogens is 2. The summed E-state index contributed by atoms with van der Waals surface area (Å²) in [7, 11) is 1.66. The maximum atomic E-state index is 10.5. The van der Waals surface area contributed by atoms with Crippen LogP contribution in [-0.4, -0.2) is 28.3 Å². The van der Waals surface area contributed by atoms with Crippen molar-refractivity contribution < 1.29 is 4.79 Å². The molecule has 1 aromatic rings. The first kappa shape index (κ1) is 12.9. The van der Waals surface area contributed by atoms with Gasteiger partial charge >= 0.3 is 0 Å². The van der Waals surface area contributed by atoms with E-state index in [9.17, 15) is 4.79 Å². The van der Waals surface area contributed by atoms with Crippen LogP contribution in [0.2, 0.25) is 0 Å². The first-order valence-corrected chi connectivity index (χ1v) is 5.15. The quantitative estimate of drug-likeness (QED) is 0.630. The molecule has 0 unspecified atom stereocenters. The molecule has 5 nitrogen and oxygen atoms in total. The molecule has 0 aliphatic heterocycles. The normalized spacial score (nSPS) is 10.3. The van der Waals surface area contributed by atoms with Gasteiger partial charge in [-0.3, -0.25) is 4.79 Å². The van der Waals surface area contributed by atoms with E-state index in [0.29, 0.717) is 11.5 Å². The van der Waals surface area contributed by atoms with Crippen molar-refractivity contribution in [3.63, 3.8) is 0 Å². The lowest BCUT2D eigenvalue weighted by molar-refractivity contribution is -0.114. The maximum Gasteiger partial charge on any atom is 0.213 e. The minimum absolute atomic E-state index is 0.524. The van der Waals surface area contributed by atoms with Crippen molar-refractivity contribution in [3.05, 3.63) is 36.1 Å². The summed E-state index contributed by atoms with van der Waals surface area (Å²) >= 11 is 0. The molecule has 1 rings (SSSR count). The molecule has 5 heteroatoms. The van der Waals surface area contributed by atoms with Gasteiger partial charge in [-0.1, -0.05) is 5.57 Å². The van der Waals surface area contributed by atoms with E-state index in [2.05, 4.69) is 9.97 Å². The first-order valence-electron chi connectivity index (χ1n) is 5.15. The molecule has 90 valence electrons. The monoisotopic (exact) mass is 232 g/mol. The van der Waals surface area contributed by atoms with Crippen molar-refractivity contribution in [1.29, 1.82) is 0 Å². The Balaban J connectivity index is 3.04. The standard InChI is InChI=1S/C12H16N4O/c1-9(2)11(4-5-16(3)8-17)12-14-6-10(13)7-15-12/h4-8H,13H2,1-3H3/b5-4-. The number of rotatable bonds is 4. The number of hydrogen-bond donors (Lipinski definition) is 1. The molecular formula is C12H16N4O. The minimum Gasteiger partial charge on any atom is -0.396 e. The molecule has 0 fully saturated rings. The van der Waals surface area contributed by atoms with E-state index in [-0.39, 0.29) is 0 Å². The molecule has 0 atom stereocenters. The van der Waals surface area contributed by atoms with Crippen molar-refractivity contribution in [2.75, 3.05) is 12.8 Å². The Morgan fingerprint density at radius 2 is 1.94 bits per heavy atom. The van der Waals surface area contributed by atoms with Crippen molar-refractivity contribution >= 4 is 17.7 Å². The fraction of sp³-hybridized carbons (Fsp3) is 0.250. The topological polar surface area (TPSA) is 72.1 Å². The third-order valence-electron chi connectivity index (χ3n) is 2.09. The van der Waals surface area contributed by atoms with E-state index in [1.54, 1.807) is 31.7 Å². The van der Waals surface area contributed by atoms with Gasteiger partial charge in [-0.05, 0) is 19.9 Å². The summed E-state index contributed by atoms with van der Waals surface area (Å²) in [6.45, 7) is 3.92. The molecule has 0 aliphatic rings. The Bertz CT molecular complexity index is 444. The number of anilines is 1. The largest absolute Gasteiger partial charge is 0.396 e. The predicted molar refractivity (Wildman–Crippen MR) is 67.7 cm³/mol. The average molecular weight is 232 g/mol. The maximum absolute atomic E-state index is 10.5. The summed E-state index contributed by atoms with van der Waals surface area (Å²) < 4.78 is 0. The number of amides is 1. The van der Waals surface area contributed by atoms with Crippen molar-refractivity contribution in [3.8, 4) is 0 Å². The number of allylic oxidation sites excluding steroid dienone is 3. The van der Waals surface area contributed by atoms with Gasteiger partial charge in [0.2, 0.25) is 6.41 Å². The molecular weight excluding hydrogens is 216 g/mol. The molecule has 17 heavy (non-hydrogen) atoms. The Labute approximate surface area is 101 Å². The summed E-state index contributed by atoms with van der Waals surface area (Å²) in [4.78, 5) is 20.2. The lowest BCUT2D eigenvalue weighted by Gasteiger charge is -2.06. The highest BCUT2D eigenvalue weighted by atomic mass is 16.1. The highest BCUT2D eigenvalue weighted by Crippen LogP contribution is 2.16. The minimum atomic E-state index is 0.524. The molecule has 2 N–H and O–H groups in total. The molecule has 0 saturated heterocycles. The van der Waals surface area contributed by atoms with Crippen LogP contribution in [0.1, 0.15) is 19.7 Å². The number of nitrogens with two attached hydrogens (primary N) is 1. The molecule has 0 aromatic carbocycles. The van der Waals surface area contributed by atoms with E-state index >= 15 is 0 Å². The number of carbonyl (C=O) groups excluding carboxylic acids is 1. The Hall–Kier alpha value is -2.17. The van der Waals surface area contributed by atoms with Crippen LogP contribution in [0, 0.1) is 0 Å². The average Bonchev–Trinajstić information content (AvgIpc) is 2.31. The molecule has 0 bridgehead atoms. The van der Waals surface area contributed by atoms with Crippen LogP contribution >= 0.6 is 0 Å². The molecule has 0 saturated carbocycles. The number of nitrogens with zero attached hydrogens (tertiary/aromatic N) is 3. The van der Waals surface area contributed by atoms with Gasteiger partial charge in [0.25, 0.3) is 0 Å². The summed E-state index contributed by atoms with van der Waals surface area (Å²) in [5.74, 6) is 0.592. The zero-order valence-corrected chi connectivity index (χ0v) is 10.2. The lowest BCUT2D eigenvalue weighted by Crippen LogP contribution is -2.06. The third-order valence-corrected chi connectivity index (χ3v) is 2.09. The molecule has 0 spiro atoms. The Morgan fingerprint density at radius 1 is 1.35 bits per heavy atom. The van der Waals surface area contributed by atoms with Crippen LogP contribution in [0.15, 0.2) is 30.2 Å². The van der Waals surface area contributed by atoms with E-state index in [1.165, 1.54) is 4.90 Å². The van der Waals surface area contributed by atoms with Crippen LogP contribution in [0.4, 0.5) is 5.69 Å². The lowest BCUT2D eigenvalue weighted by atomic mass is 10.1. The van der Waals surface area contributed by atoms with Crippen LogP contribution in [0.25, 0.3) is 5.57 Å². The fourth-order valence-electron chi connectivity index (χ4n) is 1.17. The predicted octanol–water partition coefficient (Wildman–Crippen LogP) is 1.45. The molecule has 0 aliphatic carbocycles. The highest BCUT2D eigenvalue weighted by Gasteiger charge is 2.03. The van der Waals surface area contributed by atoms with Crippen LogP contribution in [-0.2, 0) is 4.79 Å². The van der Waals surface area contributed by atoms with Gasteiger partial charge in [0.05, 0.1) is 18.1 Å². The smallest absolute Gasteiger partial charge is 0.213 e. The number of carbonyl (C=O) groups is 1. The molecule has 1 amide bonds. The van der Waals surface area contributed by atoms with Gasteiger partial charge in [0.15, 0.2) is 5.82 Å². The van der Waals surface area contributed by atoms with Gasteiger partial charge in [-0.15, -0.1) is 0 Å². The second kappa shape index (κ2) is 5.79. The number of nitrogen functional groups attached to an aromatic ring is 1. The molecule has 1 aromatic heterocycles. The summed E-state index contributed by atoms with van der Waals surface area (Å²) in [5.41, 5.74) is 7.99. The Kier molecular flexibility index (Phi) is 4.39. The molecule has 0 radical (unpaired) electrons. The van der Waals surface area contributed by atoms with Crippen molar-refractivity contribution in [1.82, 2.24) is 14.9 Å². The molecule has 1 heterocycles. The van der Waals surface area contributed by atoms with Gasteiger partial charge in [0.1, 0.15) is 0 Å². The van der Waals surface area contributed by atoms with Crippen LogP contribution in [0.5, 0.6) is 0 Å². The second-order valence-corrected chi connectivity index (χ2v) is 3.84. The van der Waals surface area contributed by atoms with Crippen LogP contribution < -0.4 is 5.73 Å². The van der Waals surface area contributed by atoms with Gasteiger partial charge < -0.3 is 10.6 Å². The van der Waals surface area contributed by atoms with Crippen molar-refractivity contribution in [2.45, 2.75) is 13.8 Å². The van der Waals surface area contributed by atoms with E-state index in [0.717, 1.165) is 17.6 Å². The summed E-state index contributed by atoms with van der Waals surface area (Å²) in [5, 5.41) is 0. The van der Waals surface area contributed by atoms with E-state index in [4.69, 9.17) is 5.73 Å². The highest BCUT2D eigenvalue weighted by molar-refractivity contribution is 5.72. The van der Waals surface area contributed by atoms with Gasteiger partial charge in [-0.25, -0.2) is 9.97 Å². The van der Waals surface area contributed by atoms with Crippen molar-refractivity contribution in [2.24, 2.45) is 0 Å². The zero-order chi connectivity index (χ0) is 12.8. The zero-order valence-electron chi connectivity index (χ0n) is 10.2. The van der Waals surface area contributed by atoms with E-state index < -0.39 is 0 Å². The van der Waals surface area contributed by atoms with E-state index in [1.807, 2.05) is 13.8 Å². The van der Waals surface area contributed by atoms with Crippen LogP contribution in [0.3, 0.4) is 0 Å². The second-order valence-electron chi connectivity index (χ2n) is 3.84.